The summed E-state index contributed by atoms with van der Waals surface area (Å²) in [5.74, 6) is -0.0604. The molecule has 39 heavy (non-hydrogen) atoms. The van der Waals surface area contributed by atoms with Gasteiger partial charge in [-0.1, -0.05) is 60.5 Å². The molecule has 0 spiro atoms. The molecule has 0 unspecified atom stereocenters. The van der Waals surface area contributed by atoms with Gasteiger partial charge in [0.15, 0.2) is 0 Å². The average molecular weight is 598 g/mol. The number of aromatic nitrogens is 1. The molecule has 0 aliphatic heterocycles. The molecule has 0 aliphatic carbocycles. The number of rotatable bonds is 15. The highest BCUT2D eigenvalue weighted by molar-refractivity contribution is 9.10. The molecule has 0 radical (unpaired) electrons. The second-order valence-corrected chi connectivity index (χ2v) is 10.6. The minimum absolute atomic E-state index is 0.0140. The van der Waals surface area contributed by atoms with Gasteiger partial charge in [0.05, 0.1) is 6.54 Å². The van der Waals surface area contributed by atoms with Gasteiger partial charge in [-0.05, 0) is 66.8 Å². The first kappa shape index (κ1) is 30.4. The summed E-state index contributed by atoms with van der Waals surface area (Å²) < 4.78 is 8.43. The number of anilines is 1. The lowest BCUT2D eigenvalue weighted by atomic mass is 10.1. The van der Waals surface area contributed by atoms with E-state index in [2.05, 4.69) is 64.1 Å². The van der Waals surface area contributed by atoms with Crippen LogP contribution in [0.3, 0.4) is 0 Å². The van der Waals surface area contributed by atoms with Crippen LogP contribution < -0.4 is 5.32 Å². The van der Waals surface area contributed by atoms with Gasteiger partial charge in [0.25, 0.3) is 0 Å². The van der Waals surface area contributed by atoms with E-state index < -0.39 is 0 Å². The lowest BCUT2D eigenvalue weighted by molar-refractivity contribution is -0.132. The number of carbonyl (C=O) groups excluding carboxylic acids is 2. The van der Waals surface area contributed by atoms with E-state index in [-0.39, 0.29) is 18.5 Å². The standard InChI is InChI=1S/C31H41BrN4O3/c1-4-6-17-35(23-29-12-8-18-34(29)22-26-13-15-27(32)16-14-26)30(37)24-36(19-9-20-39-3)31(38)33-28-11-7-10-25(5-2)21-28/h7-8,10-16,18,21H,4-6,9,17,19-20,22-24H2,1-3H3,(H,33,38). The number of amides is 3. The second-order valence-electron chi connectivity index (χ2n) is 9.67. The van der Waals surface area contributed by atoms with Gasteiger partial charge in [-0.25, -0.2) is 4.79 Å². The maximum atomic E-state index is 13.6. The van der Waals surface area contributed by atoms with Gasteiger partial charge in [-0.15, -0.1) is 0 Å². The summed E-state index contributed by atoms with van der Waals surface area (Å²) >= 11 is 3.49. The minimum atomic E-state index is -0.276. The number of ether oxygens (including phenoxy) is 1. The zero-order chi connectivity index (χ0) is 28.0. The van der Waals surface area contributed by atoms with Crippen LogP contribution in [0.2, 0.25) is 0 Å². The maximum Gasteiger partial charge on any atom is 0.322 e. The molecule has 210 valence electrons. The molecule has 1 aromatic heterocycles. The SMILES string of the molecule is CCCCN(Cc1cccn1Cc1ccc(Br)cc1)C(=O)CN(CCCOC)C(=O)Nc1cccc(CC)c1. The summed E-state index contributed by atoms with van der Waals surface area (Å²) in [5.41, 5.74) is 4.13. The van der Waals surface area contributed by atoms with Crippen molar-refractivity contribution < 1.29 is 14.3 Å². The van der Waals surface area contributed by atoms with E-state index in [4.69, 9.17) is 4.74 Å². The monoisotopic (exact) mass is 596 g/mol. The highest BCUT2D eigenvalue weighted by atomic mass is 79.9. The number of carbonyl (C=O) groups is 2. The Kier molecular flexibility index (Phi) is 12.6. The topological polar surface area (TPSA) is 66.8 Å². The number of halogens is 1. The van der Waals surface area contributed by atoms with Crippen LogP contribution in [0.5, 0.6) is 0 Å². The van der Waals surface area contributed by atoms with Gasteiger partial charge >= 0.3 is 6.03 Å². The third kappa shape index (κ3) is 9.86. The minimum Gasteiger partial charge on any atom is -0.385 e. The Morgan fingerprint density at radius 1 is 0.949 bits per heavy atom. The van der Waals surface area contributed by atoms with Crippen molar-refractivity contribution in [2.45, 2.75) is 52.6 Å². The van der Waals surface area contributed by atoms with Crippen molar-refractivity contribution in [3.05, 3.63) is 88.2 Å². The number of methoxy groups -OCH3 is 1. The molecule has 3 rings (SSSR count). The Labute approximate surface area is 241 Å². The van der Waals surface area contributed by atoms with Gasteiger partial charge in [-0.2, -0.15) is 0 Å². The van der Waals surface area contributed by atoms with Crippen molar-refractivity contribution in [3.8, 4) is 0 Å². The van der Waals surface area contributed by atoms with E-state index in [1.54, 1.807) is 12.0 Å². The molecule has 3 amide bonds. The number of nitrogens with zero attached hydrogens (tertiary/aromatic N) is 3. The molecule has 0 saturated heterocycles. The summed E-state index contributed by atoms with van der Waals surface area (Å²) in [6.45, 7) is 7.03. The number of unbranched alkanes of at least 4 members (excludes halogenated alkanes) is 1. The Morgan fingerprint density at radius 3 is 2.44 bits per heavy atom. The quantitative estimate of drug-likeness (QED) is 0.202. The van der Waals surface area contributed by atoms with Crippen LogP contribution in [0, 0.1) is 0 Å². The molecule has 0 bridgehead atoms. The number of nitrogens with one attached hydrogen (secondary N) is 1. The van der Waals surface area contributed by atoms with Crippen molar-refractivity contribution in [3.63, 3.8) is 0 Å². The highest BCUT2D eigenvalue weighted by Gasteiger charge is 2.22. The first-order chi connectivity index (χ1) is 18.9. The molecule has 0 saturated carbocycles. The molecule has 0 atom stereocenters. The maximum absolute atomic E-state index is 13.6. The predicted molar refractivity (Wildman–Crippen MR) is 161 cm³/mol. The number of hydrogen-bond donors (Lipinski definition) is 1. The van der Waals surface area contributed by atoms with E-state index in [9.17, 15) is 9.59 Å². The summed E-state index contributed by atoms with van der Waals surface area (Å²) in [5, 5.41) is 2.99. The predicted octanol–water partition coefficient (Wildman–Crippen LogP) is 6.56. The van der Waals surface area contributed by atoms with Crippen LogP contribution in [-0.2, 0) is 29.0 Å². The van der Waals surface area contributed by atoms with Gasteiger partial charge in [-0.3, -0.25) is 4.79 Å². The molecular formula is C31H41BrN4O3. The summed E-state index contributed by atoms with van der Waals surface area (Å²) in [4.78, 5) is 30.4. The van der Waals surface area contributed by atoms with Crippen molar-refractivity contribution >= 4 is 33.6 Å². The lowest BCUT2D eigenvalue weighted by Gasteiger charge is -2.28. The summed E-state index contributed by atoms with van der Waals surface area (Å²) in [7, 11) is 1.64. The van der Waals surface area contributed by atoms with Crippen LogP contribution in [0.1, 0.15) is 49.9 Å². The van der Waals surface area contributed by atoms with Crippen LogP contribution in [0.4, 0.5) is 10.5 Å². The molecular weight excluding hydrogens is 556 g/mol. The first-order valence-electron chi connectivity index (χ1n) is 13.7. The van der Waals surface area contributed by atoms with Crippen molar-refractivity contribution in [1.29, 1.82) is 0 Å². The fraction of sp³-hybridized carbons (Fsp3) is 0.419. The third-order valence-electron chi connectivity index (χ3n) is 6.65. The normalized spacial score (nSPS) is 10.9. The molecule has 8 heteroatoms. The lowest BCUT2D eigenvalue weighted by Crippen LogP contribution is -2.45. The van der Waals surface area contributed by atoms with Gasteiger partial charge in [0.2, 0.25) is 5.91 Å². The average Bonchev–Trinajstić information content (AvgIpc) is 3.38. The Balaban J connectivity index is 1.73. The van der Waals surface area contributed by atoms with E-state index in [1.165, 1.54) is 5.56 Å². The van der Waals surface area contributed by atoms with Crippen molar-refractivity contribution in [2.24, 2.45) is 0 Å². The van der Waals surface area contributed by atoms with Gasteiger partial charge in [0, 0.05) is 55.4 Å². The second kappa shape index (κ2) is 16.1. The van der Waals surface area contributed by atoms with Crippen LogP contribution in [-0.4, -0.2) is 59.7 Å². The highest BCUT2D eigenvalue weighted by Crippen LogP contribution is 2.16. The van der Waals surface area contributed by atoms with E-state index in [0.29, 0.717) is 32.7 Å². The van der Waals surface area contributed by atoms with Crippen molar-refractivity contribution in [2.75, 3.05) is 38.7 Å². The molecule has 0 fully saturated rings. The molecule has 2 aromatic carbocycles. The van der Waals surface area contributed by atoms with Crippen LogP contribution in [0.25, 0.3) is 0 Å². The number of urea groups is 1. The Hall–Kier alpha value is -3.10. The number of benzene rings is 2. The van der Waals surface area contributed by atoms with Crippen LogP contribution in [0.15, 0.2) is 71.3 Å². The molecule has 1 heterocycles. The number of aryl methyl sites for hydroxylation is 1. The fourth-order valence-corrected chi connectivity index (χ4v) is 4.62. The fourth-order valence-electron chi connectivity index (χ4n) is 4.36. The summed E-state index contributed by atoms with van der Waals surface area (Å²) in [6, 6.07) is 19.9. The van der Waals surface area contributed by atoms with E-state index >= 15 is 0 Å². The first-order valence-corrected chi connectivity index (χ1v) is 14.5. The molecule has 0 aliphatic rings. The molecule has 1 N–H and O–H groups in total. The zero-order valence-corrected chi connectivity index (χ0v) is 25.0. The van der Waals surface area contributed by atoms with E-state index in [1.807, 2.05) is 47.4 Å². The Bertz CT molecular complexity index is 1180. The summed E-state index contributed by atoms with van der Waals surface area (Å²) in [6.07, 6.45) is 5.47. The molecule has 7 nitrogen and oxygen atoms in total. The van der Waals surface area contributed by atoms with Gasteiger partial charge in [0.1, 0.15) is 6.54 Å². The van der Waals surface area contributed by atoms with Crippen LogP contribution >= 0.6 is 15.9 Å². The Morgan fingerprint density at radius 2 is 1.72 bits per heavy atom. The number of hydrogen-bond acceptors (Lipinski definition) is 3. The smallest absolute Gasteiger partial charge is 0.322 e. The van der Waals surface area contributed by atoms with E-state index in [0.717, 1.165) is 47.2 Å². The van der Waals surface area contributed by atoms with Gasteiger partial charge < -0.3 is 24.4 Å². The molecule has 3 aromatic rings. The van der Waals surface area contributed by atoms with Crippen molar-refractivity contribution in [1.82, 2.24) is 14.4 Å². The third-order valence-corrected chi connectivity index (χ3v) is 7.18. The zero-order valence-electron chi connectivity index (χ0n) is 23.4. The largest absolute Gasteiger partial charge is 0.385 e.